The van der Waals surface area contributed by atoms with Crippen molar-refractivity contribution in [1.29, 1.82) is 5.26 Å². The third-order valence-corrected chi connectivity index (χ3v) is 3.50. The predicted molar refractivity (Wildman–Crippen MR) is 72.9 cm³/mol. The number of thiophene rings is 1. The second-order valence-electron chi connectivity index (χ2n) is 3.47. The first-order valence-corrected chi connectivity index (χ1v) is 6.21. The number of hydrogen-bond acceptors (Lipinski definition) is 4. The van der Waals surface area contributed by atoms with Gasteiger partial charge < -0.3 is 11.1 Å². The number of nitrogens with one attached hydrogen (secondary N) is 1. The van der Waals surface area contributed by atoms with E-state index in [2.05, 4.69) is 5.32 Å². The number of nitrogen functional groups attached to an aromatic ring is 1. The summed E-state index contributed by atoms with van der Waals surface area (Å²) in [5.74, 6) is -0.334. The fraction of sp³-hybridized carbons (Fsp3) is 0. The standard InChI is InChI=1S/C12H8ClN3OS/c13-8-2-1-7(6-14)5-10(8)16-12(17)11-9(15)3-4-18-11/h1-5H,15H2,(H,16,17). The van der Waals surface area contributed by atoms with Gasteiger partial charge in [-0.2, -0.15) is 5.26 Å². The molecule has 0 saturated carbocycles. The van der Waals surface area contributed by atoms with E-state index >= 15 is 0 Å². The zero-order valence-corrected chi connectivity index (χ0v) is 10.7. The average Bonchev–Trinajstić information content (AvgIpc) is 2.78. The van der Waals surface area contributed by atoms with E-state index in [1.54, 1.807) is 23.6 Å². The van der Waals surface area contributed by atoms with E-state index in [0.29, 0.717) is 26.8 Å². The molecule has 0 aliphatic heterocycles. The van der Waals surface area contributed by atoms with E-state index in [1.165, 1.54) is 17.4 Å². The summed E-state index contributed by atoms with van der Waals surface area (Å²) in [5, 5.41) is 13.5. The molecule has 0 aliphatic carbocycles. The second kappa shape index (κ2) is 5.08. The summed E-state index contributed by atoms with van der Waals surface area (Å²) >= 11 is 7.19. The maximum absolute atomic E-state index is 11.9. The number of nitriles is 1. The number of rotatable bonds is 2. The van der Waals surface area contributed by atoms with Gasteiger partial charge in [0.15, 0.2) is 0 Å². The molecular weight excluding hydrogens is 270 g/mol. The number of carbonyl (C=O) groups excluding carboxylic acids is 1. The number of carbonyl (C=O) groups is 1. The molecule has 3 N–H and O–H groups in total. The largest absolute Gasteiger partial charge is 0.397 e. The zero-order chi connectivity index (χ0) is 13.1. The molecule has 1 aromatic carbocycles. The molecule has 0 spiro atoms. The summed E-state index contributed by atoms with van der Waals surface area (Å²) in [6.45, 7) is 0. The quantitative estimate of drug-likeness (QED) is 0.885. The van der Waals surface area contributed by atoms with E-state index in [9.17, 15) is 4.79 Å². The third-order valence-electron chi connectivity index (χ3n) is 2.25. The molecule has 18 heavy (non-hydrogen) atoms. The van der Waals surface area contributed by atoms with Crippen LogP contribution in [0.15, 0.2) is 29.6 Å². The lowest BCUT2D eigenvalue weighted by Crippen LogP contribution is -2.12. The maximum Gasteiger partial charge on any atom is 0.267 e. The van der Waals surface area contributed by atoms with Crippen molar-refractivity contribution in [1.82, 2.24) is 0 Å². The van der Waals surface area contributed by atoms with E-state index in [1.807, 2.05) is 6.07 Å². The molecule has 0 radical (unpaired) electrons. The molecule has 2 rings (SSSR count). The van der Waals surface area contributed by atoms with Gasteiger partial charge >= 0.3 is 0 Å². The number of hydrogen-bond donors (Lipinski definition) is 2. The summed E-state index contributed by atoms with van der Waals surface area (Å²) in [4.78, 5) is 12.4. The van der Waals surface area contributed by atoms with E-state index < -0.39 is 0 Å². The number of anilines is 2. The van der Waals surface area contributed by atoms with Crippen LogP contribution in [0.4, 0.5) is 11.4 Å². The molecule has 90 valence electrons. The zero-order valence-electron chi connectivity index (χ0n) is 9.11. The predicted octanol–water partition coefficient (Wildman–Crippen LogP) is 3.11. The molecule has 0 aliphatic rings. The lowest BCUT2D eigenvalue weighted by atomic mass is 10.2. The fourth-order valence-electron chi connectivity index (χ4n) is 1.37. The molecule has 1 aromatic heterocycles. The first kappa shape index (κ1) is 12.4. The van der Waals surface area contributed by atoms with E-state index in [0.717, 1.165) is 0 Å². The van der Waals surface area contributed by atoms with Gasteiger partial charge in [0.1, 0.15) is 4.88 Å². The highest BCUT2D eigenvalue weighted by atomic mass is 35.5. The highest BCUT2D eigenvalue weighted by molar-refractivity contribution is 7.12. The van der Waals surface area contributed by atoms with Crippen molar-refractivity contribution in [3.8, 4) is 6.07 Å². The highest BCUT2D eigenvalue weighted by Gasteiger charge is 2.13. The van der Waals surface area contributed by atoms with Crippen LogP contribution in [-0.4, -0.2) is 5.91 Å². The lowest BCUT2D eigenvalue weighted by molar-refractivity contribution is 0.103. The van der Waals surface area contributed by atoms with Crippen molar-refractivity contribution < 1.29 is 4.79 Å². The van der Waals surface area contributed by atoms with Crippen LogP contribution in [0, 0.1) is 11.3 Å². The van der Waals surface area contributed by atoms with Gasteiger partial charge in [0, 0.05) is 0 Å². The van der Waals surface area contributed by atoms with Crippen LogP contribution in [0.2, 0.25) is 5.02 Å². The Labute approximate surface area is 113 Å². The molecule has 0 atom stereocenters. The van der Waals surface area contributed by atoms with Crippen LogP contribution >= 0.6 is 22.9 Å². The lowest BCUT2D eigenvalue weighted by Gasteiger charge is -2.06. The summed E-state index contributed by atoms with van der Waals surface area (Å²) in [7, 11) is 0. The molecule has 1 amide bonds. The van der Waals surface area contributed by atoms with Crippen molar-refractivity contribution in [3.63, 3.8) is 0 Å². The van der Waals surface area contributed by atoms with Crippen LogP contribution in [0.5, 0.6) is 0 Å². The van der Waals surface area contributed by atoms with Crippen LogP contribution in [-0.2, 0) is 0 Å². The van der Waals surface area contributed by atoms with Crippen molar-refractivity contribution >= 4 is 40.2 Å². The molecule has 6 heteroatoms. The van der Waals surface area contributed by atoms with Crippen LogP contribution < -0.4 is 11.1 Å². The Morgan fingerprint density at radius 1 is 1.44 bits per heavy atom. The van der Waals surface area contributed by atoms with Gasteiger partial charge in [0.05, 0.1) is 28.0 Å². The van der Waals surface area contributed by atoms with Crippen molar-refractivity contribution in [3.05, 3.63) is 45.1 Å². The molecule has 2 aromatic rings. The van der Waals surface area contributed by atoms with Gasteiger partial charge in [-0.1, -0.05) is 11.6 Å². The Morgan fingerprint density at radius 3 is 2.83 bits per heavy atom. The molecule has 1 heterocycles. The summed E-state index contributed by atoms with van der Waals surface area (Å²) in [6, 6.07) is 8.30. The van der Waals surface area contributed by atoms with Gasteiger partial charge in [-0.05, 0) is 29.6 Å². The topological polar surface area (TPSA) is 78.9 Å². The highest BCUT2D eigenvalue weighted by Crippen LogP contribution is 2.25. The van der Waals surface area contributed by atoms with E-state index in [-0.39, 0.29) is 5.91 Å². The normalized spacial score (nSPS) is 9.78. The number of amides is 1. The Kier molecular flexibility index (Phi) is 3.51. The van der Waals surface area contributed by atoms with Crippen LogP contribution in [0.3, 0.4) is 0 Å². The smallest absolute Gasteiger partial charge is 0.267 e. The van der Waals surface area contributed by atoms with Crippen molar-refractivity contribution in [2.45, 2.75) is 0 Å². The van der Waals surface area contributed by atoms with Gasteiger partial charge in [-0.3, -0.25) is 4.79 Å². The Morgan fingerprint density at radius 2 is 2.22 bits per heavy atom. The molecule has 0 bridgehead atoms. The summed E-state index contributed by atoms with van der Waals surface area (Å²) in [6.07, 6.45) is 0. The molecule has 0 saturated heterocycles. The average molecular weight is 278 g/mol. The molecular formula is C12H8ClN3OS. The summed E-state index contributed by atoms with van der Waals surface area (Å²) in [5.41, 5.74) is 6.90. The Balaban J connectivity index is 2.27. The first-order chi connectivity index (χ1) is 8.61. The number of nitrogens with two attached hydrogens (primary N) is 1. The van der Waals surface area contributed by atoms with Gasteiger partial charge in [0.2, 0.25) is 0 Å². The van der Waals surface area contributed by atoms with Gasteiger partial charge in [0.25, 0.3) is 5.91 Å². The van der Waals surface area contributed by atoms with E-state index in [4.69, 9.17) is 22.6 Å². The minimum absolute atomic E-state index is 0.334. The number of benzene rings is 1. The Bertz CT molecular complexity index is 645. The van der Waals surface area contributed by atoms with Gasteiger partial charge in [-0.15, -0.1) is 11.3 Å². The molecule has 4 nitrogen and oxygen atoms in total. The minimum Gasteiger partial charge on any atom is -0.397 e. The Hall–Kier alpha value is -2.03. The number of nitrogens with zero attached hydrogens (tertiary/aromatic N) is 1. The molecule has 0 unspecified atom stereocenters. The summed E-state index contributed by atoms with van der Waals surface area (Å²) < 4.78 is 0. The molecule has 0 fully saturated rings. The SMILES string of the molecule is N#Cc1ccc(Cl)c(NC(=O)c2sccc2N)c1. The van der Waals surface area contributed by atoms with Crippen LogP contribution in [0.25, 0.3) is 0 Å². The van der Waals surface area contributed by atoms with Crippen molar-refractivity contribution in [2.75, 3.05) is 11.1 Å². The fourth-order valence-corrected chi connectivity index (χ4v) is 2.25. The monoisotopic (exact) mass is 277 g/mol. The minimum atomic E-state index is -0.334. The van der Waals surface area contributed by atoms with Crippen molar-refractivity contribution in [2.24, 2.45) is 0 Å². The third kappa shape index (κ3) is 2.45. The first-order valence-electron chi connectivity index (χ1n) is 4.96. The second-order valence-corrected chi connectivity index (χ2v) is 4.79. The maximum atomic E-state index is 11.9. The van der Waals surface area contributed by atoms with Gasteiger partial charge in [-0.25, -0.2) is 0 Å². The number of halogens is 1. The van der Waals surface area contributed by atoms with Crippen LogP contribution in [0.1, 0.15) is 15.2 Å².